The van der Waals surface area contributed by atoms with Crippen LogP contribution in [0.2, 0.25) is 5.15 Å². The van der Waals surface area contributed by atoms with Crippen molar-refractivity contribution in [2.75, 3.05) is 18.4 Å². The van der Waals surface area contributed by atoms with Crippen LogP contribution in [0.15, 0.2) is 53.4 Å². The summed E-state index contributed by atoms with van der Waals surface area (Å²) in [6.45, 7) is 8.75. The number of ether oxygens (including phenoxy) is 1. The van der Waals surface area contributed by atoms with Crippen molar-refractivity contribution in [2.24, 2.45) is 5.14 Å². The predicted molar refractivity (Wildman–Crippen MR) is 140 cm³/mol. The first-order valence-corrected chi connectivity index (χ1v) is 13.5. The minimum absolute atomic E-state index is 0.134. The number of halogens is 1. The summed E-state index contributed by atoms with van der Waals surface area (Å²) < 4.78 is 29.1. The molecule has 1 aliphatic rings. The van der Waals surface area contributed by atoms with Gasteiger partial charge in [-0.1, -0.05) is 41.4 Å². The van der Waals surface area contributed by atoms with Gasteiger partial charge in [0, 0.05) is 37.8 Å². The van der Waals surface area contributed by atoms with E-state index in [0.717, 1.165) is 54.9 Å². The number of nitrogens with two attached hydrogens (primary N) is 1. The lowest BCUT2D eigenvalue weighted by atomic mass is 10.0. The van der Waals surface area contributed by atoms with E-state index in [0.29, 0.717) is 16.7 Å². The number of likely N-dealkylation sites (tertiary alicyclic amines) is 1. The number of piperidine rings is 1. The molecule has 2 aromatic carbocycles. The number of aryl methyl sites for hydroxylation is 3. The van der Waals surface area contributed by atoms with Gasteiger partial charge >= 0.3 is 0 Å². The maximum atomic E-state index is 11.4. The fraction of sp³-hybridized carbons (Fsp3) is 0.346. The Morgan fingerprint density at radius 2 is 1.69 bits per heavy atom. The van der Waals surface area contributed by atoms with Crippen molar-refractivity contribution >= 4 is 27.4 Å². The Hall–Kier alpha value is -2.65. The first-order valence-electron chi connectivity index (χ1n) is 11.6. The van der Waals surface area contributed by atoms with E-state index in [4.69, 9.17) is 21.5 Å². The van der Waals surface area contributed by atoms with Crippen molar-refractivity contribution in [3.8, 4) is 11.5 Å². The summed E-state index contributed by atoms with van der Waals surface area (Å²) in [5, 5.41) is 9.07. The SMILES string of the molecule is Cc1cc(C)c(Oc2cc(Cl)nc(NC3CCN(Cc4ccc(S(N)(=O)=O)cc4)CC3)c2)c(C)c1. The number of hydrogen-bond donors (Lipinski definition) is 2. The van der Waals surface area contributed by atoms with Gasteiger partial charge < -0.3 is 10.1 Å². The second-order valence-electron chi connectivity index (χ2n) is 9.22. The van der Waals surface area contributed by atoms with Gasteiger partial charge in [-0.05, 0) is 62.4 Å². The molecule has 1 aliphatic heterocycles. The number of primary sulfonamides is 1. The zero-order valence-corrected chi connectivity index (χ0v) is 21.8. The average Bonchev–Trinajstić information content (AvgIpc) is 2.77. The Balaban J connectivity index is 1.35. The van der Waals surface area contributed by atoms with E-state index >= 15 is 0 Å². The van der Waals surface area contributed by atoms with Gasteiger partial charge in [0.25, 0.3) is 0 Å². The van der Waals surface area contributed by atoms with Crippen molar-refractivity contribution < 1.29 is 13.2 Å². The summed E-state index contributed by atoms with van der Waals surface area (Å²) >= 11 is 6.31. The van der Waals surface area contributed by atoms with Crippen molar-refractivity contribution in [3.63, 3.8) is 0 Å². The Morgan fingerprint density at radius 1 is 1.06 bits per heavy atom. The van der Waals surface area contributed by atoms with Gasteiger partial charge in [0.1, 0.15) is 22.5 Å². The smallest absolute Gasteiger partial charge is 0.238 e. The molecule has 0 unspecified atom stereocenters. The molecule has 0 bridgehead atoms. The number of sulfonamides is 1. The maximum Gasteiger partial charge on any atom is 0.238 e. The van der Waals surface area contributed by atoms with Crippen LogP contribution in [0.1, 0.15) is 35.1 Å². The Bertz CT molecular complexity index is 1280. The number of rotatable bonds is 7. The maximum absolute atomic E-state index is 11.4. The zero-order valence-electron chi connectivity index (χ0n) is 20.2. The van der Waals surface area contributed by atoms with E-state index in [9.17, 15) is 8.42 Å². The quantitative estimate of drug-likeness (QED) is 0.422. The number of benzene rings is 2. The van der Waals surface area contributed by atoms with Crippen LogP contribution in [0.5, 0.6) is 11.5 Å². The molecule has 186 valence electrons. The van der Waals surface area contributed by atoms with E-state index in [1.165, 1.54) is 5.56 Å². The molecule has 0 atom stereocenters. The van der Waals surface area contributed by atoms with Gasteiger partial charge in [-0.25, -0.2) is 18.5 Å². The second-order valence-corrected chi connectivity index (χ2v) is 11.2. The van der Waals surface area contributed by atoms with Crippen LogP contribution in [0.4, 0.5) is 5.82 Å². The molecule has 4 rings (SSSR count). The molecule has 3 aromatic rings. The van der Waals surface area contributed by atoms with Gasteiger partial charge in [-0.3, -0.25) is 4.90 Å². The monoisotopic (exact) mass is 514 g/mol. The molecule has 2 heterocycles. The molecule has 1 aromatic heterocycles. The molecule has 7 nitrogen and oxygen atoms in total. The highest BCUT2D eigenvalue weighted by Gasteiger charge is 2.20. The van der Waals surface area contributed by atoms with E-state index in [-0.39, 0.29) is 10.9 Å². The van der Waals surface area contributed by atoms with Crippen LogP contribution in [-0.2, 0) is 16.6 Å². The standard InChI is InChI=1S/C26H31ClN4O3S/c1-17-12-18(2)26(19(3)13-17)34-22-14-24(27)30-25(15-22)29-21-8-10-31(11-9-21)16-20-4-6-23(7-5-20)35(28,32)33/h4-7,12-15,21H,8-11,16H2,1-3H3,(H,29,30)(H2,28,32,33). The van der Waals surface area contributed by atoms with Crippen LogP contribution in [0, 0.1) is 20.8 Å². The number of hydrogen-bond acceptors (Lipinski definition) is 6. The number of nitrogens with zero attached hydrogens (tertiary/aromatic N) is 2. The Morgan fingerprint density at radius 3 is 2.29 bits per heavy atom. The van der Waals surface area contributed by atoms with E-state index in [2.05, 4.69) is 34.3 Å². The molecule has 35 heavy (non-hydrogen) atoms. The molecule has 0 radical (unpaired) electrons. The highest BCUT2D eigenvalue weighted by molar-refractivity contribution is 7.89. The highest BCUT2D eigenvalue weighted by atomic mass is 35.5. The largest absolute Gasteiger partial charge is 0.457 e. The lowest BCUT2D eigenvalue weighted by Gasteiger charge is -2.32. The molecule has 9 heteroatoms. The highest BCUT2D eigenvalue weighted by Crippen LogP contribution is 2.32. The molecule has 0 saturated carbocycles. The first kappa shape index (κ1) is 25.4. The van der Waals surface area contributed by atoms with Gasteiger partial charge in [0.05, 0.1) is 4.90 Å². The normalized spacial score (nSPS) is 15.2. The molecule has 1 saturated heterocycles. The number of anilines is 1. The number of nitrogens with one attached hydrogen (secondary N) is 1. The topological polar surface area (TPSA) is 97.5 Å². The number of aromatic nitrogens is 1. The van der Waals surface area contributed by atoms with E-state index in [1.54, 1.807) is 18.2 Å². The zero-order chi connectivity index (χ0) is 25.2. The summed E-state index contributed by atoms with van der Waals surface area (Å²) in [5.74, 6) is 2.20. The molecule has 0 aliphatic carbocycles. The van der Waals surface area contributed by atoms with Gasteiger partial charge in [0.15, 0.2) is 0 Å². The third kappa shape index (κ3) is 6.73. The summed E-state index contributed by atoms with van der Waals surface area (Å²) in [4.78, 5) is 6.93. The molecule has 0 spiro atoms. The average molecular weight is 515 g/mol. The van der Waals surface area contributed by atoms with Crippen molar-refractivity contribution in [2.45, 2.75) is 51.1 Å². The minimum Gasteiger partial charge on any atom is -0.457 e. The second kappa shape index (κ2) is 10.5. The molecule has 0 amide bonds. The Kier molecular flexibility index (Phi) is 7.66. The molecular weight excluding hydrogens is 484 g/mol. The van der Waals surface area contributed by atoms with E-state index < -0.39 is 10.0 Å². The molecule has 3 N–H and O–H groups in total. The summed E-state index contributed by atoms with van der Waals surface area (Å²) in [6, 6.07) is 14.9. The van der Waals surface area contributed by atoms with Crippen molar-refractivity contribution in [1.29, 1.82) is 0 Å². The molecule has 1 fully saturated rings. The van der Waals surface area contributed by atoms with Crippen LogP contribution < -0.4 is 15.2 Å². The number of pyridine rings is 1. The summed E-state index contributed by atoms with van der Waals surface area (Å²) in [5.41, 5.74) is 4.42. The minimum atomic E-state index is -3.67. The lowest BCUT2D eigenvalue weighted by Crippen LogP contribution is -2.38. The molecular formula is C26H31ClN4O3S. The predicted octanol–water partition coefficient (Wildman–Crippen LogP) is 5.18. The third-order valence-electron chi connectivity index (χ3n) is 6.19. The van der Waals surface area contributed by atoms with Crippen LogP contribution in [0.3, 0.4) is 0 Å². The first-order chi connectivity index (χ1) is 16.6. The van der Waals surface area contributed by atoms with Gasteiger partial charge in [-0.2, -0.15) is 0 Å². The van der Waals surface area contributed by atoms with Crippen molar-refractivity contribution in [1.82, 2.24) is 9.88 Å². The fourth-order valence-electron chi connectivity index (χ4n) is 4.54. The van der Waals surface area contributed by atoms with Gasteiger partial charge in [0.2, 0.25) is 10.0 Å². The summed E-state index contributed by atoms with van der Waals surface area (Å²) in [7, 11) is -3.67. The van der Waals surface area contributed by atoms with Crippen molar-refractivity contribution in [3.05, 3.63) is 75.9 Å². The van der Waals surface area contributed by atoms with Crippen LogP contribution in [0.25, 0.3) is 0 Å². The fourth-order valence-corrected chi connectivity index (χ4v) is 5.25. The Labute approximate surface area is 212 Å². The lowest BCUT2D eigenvalue weighted by molar-refractivity contribution is 0.211. The van der Waals surface area contributed by atoms with Gasteiger partial charge in [-0.15, -0.1) is 0 Å². The third-order valence-corrected chi connectivity index (χ3v) is 7.31. The van der Waals surface area contributed by atoms with Crippen LogP contribution >= 0.6 is 11.6 Å². The van der Waals surface area contributed by atoms with E-state index in [1.807, 2.05) is 32.0 Å². The van der Waals surface area contributed by atoms with Crippen LogP contribution in [-0.4, -0.2) is 37.4 Å². The summed E-state index contributed by atoms with van der Waals surface area (Å²) in [6.07, 6.45) is 1.91.